The molecule has 0 radical (unpaired) electrons. The molecule has 6 nitrogen and oxygen atoms in total. The molecular weight excluding hydrogens is 352 g/mol. The average molecular weight is 372 g/mol. The lowest BCUT2D eigenvalue weighted by Crippen LogP contribution is -2.33. The Kier molecular flexibility index (Phi) is 5.37. The van der Waals surface area contributed by atoms with Gasteiger partial charge in [0.2, 0.25) is 11.8 Å². The van der Waals surface area contributed by atoms with Crippen molar-refractivity contribution in [2.75, 3.05) is 6.54 Å². The number of thiophene rings is 1. The summed E-state index contributed by atoms with van der Waals surface area (Å²) in [5.74, 6) is -1.55. The highest BCUT2D eigenvalue weighted by Gasteiger charge is 2.36. The third-order valence-electron chi connectivity index (χ3n) is 4.59. The largest absolute Gasteiger partial charge is 0.477 e. The van der Waals surface area contributed by atoms with Gasteiger partial charge in [-0.2, -0.15) is 0 Å². The summed E-state index contributed by atoms with van der Waals surface area (Å²) in [6.07, 6.45) is 0.202. The van der Waals surface area contributed by atoms with Gasteiger partial charge in [-0.1, -0.05) is 30.3 Å². The van der Waals surface area contributed by atoms with Crippen LogP contribution in [0, 0.1) is 5.92 Å². The Morgan fingerprint density at radius 3 is 2.65 bits per heavy atom. The van der Waals surface area contributed by atoms with Crippen LogP contribution in [0.25, 0.3) is 0 Å². The van der Waals surface area contributed by atoms with E-state index in [1.807, 2.05) is 37.3 Å². The number of rotatable bonds is 6. The van der Waals surface area contributed by atoms with Crippen LogP contribution in [-0.4, -0.2) is 34.3 Å². The zero-order chi connectivity index (χ0) is 18.7. The van der Waals surface area contributed by atoms with E-state index in [1.165, 1.54) is 6.07 Å². The number of carbonyl (C=O) groups excluding carboxylic acids is 2. The van der Waals surface area contributed by atoms with Crippen LogP contribution >= 0.6 is 11.3 Å². The van der Waals surface area contributed by atoms with E-state index in [1.54, 1.807) is 11.0 Å². The molecule has 1 aliphatic rings. The summed E-state index contributed by atoms with van der Waals surface area (Å²) >= 11 is 1.14. The highest BCUT2D eigenvalue weighted by atomic mass is 32.1. The number of amides is 2. The van der Waals surface area contributed by atoms with Gasteiger partial charge in [0, 0.05) is 17.8 Å². The molecule has 1 fully saturated rings. The van der Waals surface area contributed by atoms with Crippen LogP contribution in [0.1, 0.15) is 39.5 Å². The quantitative estimate of drug-likeness (QED) is 0.816. The normalized spacial score (nSPS) is 18.0. The standard InChI is InChI=1S/C19H20N2O4S/c1-12(13-5-3-2-4-6-13)21-11-14(9-17(21)22)18(23)20-10-15-7-8-16(26-15)19(24)25/h2-8,12,14H,9-11H2,1H3,(H,20,23)(H,24,25)/t12-,14-/m1/s1. The molecule has 0 saturated carbocycles. The Bertz CT molecular complexity index is 818. The summed E-state index contributed by atoms with van der Waals surface area (Å²) < 4.78 is 0. The molecule has 2 amide bonds. The van der Waals surface area contributed by atoms with Crippen LogP contribution in [0.15, 0.2) is 42.5 Å². The molecule has 7 heteroatoms. The molecule has 136 valence electrons. The fourth-order valence-electron chi connectivity index (χ4n) is 3.10. The molecule has 2 N–H and O–H groups in total. The van der Waals surface area contributed by atoms with Crippen molar-refractivity contribution in [1.82, 2.24) is 10.2 Å². The summed E-state index contributed by atoms with van der Waals surface area (Å²) in [4.78, 5) is 38.4. The van der Waals surface area contributed by atoms with Crippen molar-refractivity contribution in [3.63, 3.8) is 0 Å². The molecule has 2 heterocycles. The van der Waals surface area contributed by atoms with Gasteiger partial charge in [-0.25, -0.2) is 4.79 Å². The van der Waals surface area contributed by atoms with Crippen molar-refractivity contribution in [3.8, 4) is 0 Å². The van der Waals surface area contributed by atoms with E-state index in [0.29, 0.717) is 6.54 Å². The van der Waals surface area contributed by atoms with Crippen molar-refractivity contribution in [2.45, 2.75) is 25.9 Å². The number of nitrogens with zero attached hydrogens (tertiary/aromatic N) is 1. The molecular formula is C19H20N2O4S. The molecule has 1 aromatic heterocycles. The zero-order valence-electron chi connectivity index (χ0n) is 14.3. The average Bonchev–Trinajstić information content (AvgIpc) is 3.27. The SMILES string of the molecule is C[C@H](c1ccccc1)N1C[C@H](C(=O)NCc2ccc(C(=O)O)s2)CC1=O. The lowest BCUT2D eigenvalue weighted by molar-refractivity contribution is -0.130. The van der Waals surface area contributed by atoms with Crippen LogP contribution in [0.4, 0.5) is 0 Å². The van der Waals surface area contributed by atoms with Gasteiger partial charge in [-0.05, 0) is 24.6 Å². The van der Waals surface area contributed by atoms with Crippen molar-refractivity contribution in [3.05, 3.63) is 57.8 Å². The number of hydrogen-bond donors (Lipinski definition) is 2. The van der Waals surface area contributed by atoms with Crippen molar-refractivity contribution < 1.29 is 19.5 Å². The first-order valence-electron chi connectivity index (χ1n) is 8.40. The molecule has 26 heavy (non-hydrogen) atoms. The van der Waals surface area contributed by atoms with Crippen LogP contribution < -0.4 is 5.32 Å². The minimum Gasteiger partial charge on any atom is -0.477 e. The van der Waals surface area contributed by atoms with E-state index in [2.05, 4.69) is 5.32 Å². The molecule has 0 bridgehead atoms. The Balaban J connectivity index is 1.57. The van der Waals surface area contributed by atoms with Crippen molar-refractivity contribution >= 4 is 29.1 Å². The fourth-order valence-corrected chi connectivity index (χ4v) is 3.89. The molecule has 1 saturated heterocycles. The van der Waals surface area contributed by atoms with E-state index in [-0.39, 0.29) is 41.6 Å². The lowest BCUT2D eigenvalue weighted by atomic mass is 10.1. The predicted molar refractivity (Wildman–Crippen MR) is 97.8 cm³/mol. The maximum absolute atomic E-state index is 12.4. The third-order valence-corrected chi connectivity index (χ3v) is 5.66. The maximum atomic E-state index is 12.4. The number of benzene rings is 1. The number of carbonyl (C=O) groups is 3. The van der Waals surface area contributed by atoms with Gasteiger partial charge in [0.25, 0.3) is 0 Å². The minimum atomic E-state index is -0.973. The lowest BCUT2D eigenvalue weighted by Gasteiger charge is -2.25. The van der Waals surface area contributed by atoms with Crippen molar-refractivity contribution in [1.29, 1.82) is 0 Å². The number of likely N-dealkylation sites (tertiary alicyclic amines) is 1. The third kappa shape index (κ3) is 3.94. The van der Waals surface area contributed by atoms with E-state index >= 15 is 0 Å². The Morgan fingerprint density at radius 2 is 2.00 bits per heavy atom. The molecule has 0 unspecified atom stereocenters. The predicted octanol–water partition coefficient (Wildman–Crippen LogP) is 2.67. The second-order valence-corrected chi connectivity index (χ2v) is 7.49. The van der Waals surface area contributed by atoms with Gasteiger partial charge in [-0.15, -0.1) is 11.3 Å². The van der Waals surface area contributed by atoms with Gasteiger partial charge in [0.15, 0.2) is 0 Å². The van der Waals surface area contributed by atoms with Gasteiger partial charge < -0.3 is 15.3 Å². The summed E-state index contributed by atoms with van der Waals surface area (Å²) in [5.41, 5.74) is 1.04. The second kappa shape index (κ2) is 7.70. The topological polar surface area (TPSA) is 86.7 Å². The number of aromatic carboxylic acids is 1. The van der Waals surface area contributed by atoms with Crippen LogP contribution in [0.2, 0.25) is 0 Å². The van der Waals surface area contributed by atoms with Crippen LogP contribution in [0.5, 0.6) is 0 Å². The van der Waals surface area contributed by atoms with E-state index < -0.39 is 5.97 Å². The molecule has 1 aromatic carbocycles. The number of nitrogens with one attached hydrogen (secondary N) is 1. The molecule has 3 rings (SSSR count). The fraction of sp³-hybridized carbons (Fsp3) is 0.316. The van der Waals surface area contributed by atoms with Gasteiger partial charge in [0.05, 0.1) is 18.5 Å². The Hall–Kier alpha value is -2.67. The number of hydrogen-bond acceptors (Lipinski definition) is 4. The van der Waals surface area contributed by atoms with Gasteiger partial charge in [-0.3, -0.25) is 9.59 Å². The Morgan fingerprint density at radius 1 is 1.27 bits per heavy atom. The van der Waals surface area contributed by atoms with E-state index in [4.69, 9.17) is 5.11 Å². The van der Waals surface area contributed by atoms with E-state index in [0.717, 1.165) is 21.8 Å². The van der Waals surface area contributed by atoms with Crippen LogP contribution in [-0.2, 0) is 16.1 Å². The maximum Gasteiger partial charge on any atom is 0.345 e. The molecule has 2 atom stereocenters. The van der Waals surface area contributed by atoms with Crippen molar-refractivity contribution in [2.24, 2.45) is 5.92 Å². The first-order valence-corrected chi connectivity index (χ1v) is 9.21. The summed E-state index contributed by atoms with van der Waals surface area (Å²) in [5, 5.41) is 11.7. The summed E-state index contributed by atoms with van der Waals surface area (Å²) in [6.45, 7) is 2.63. The first kappa shape index (κ1) is 18.1. The Labute approximate surface area is 155 Å². The monoisotopic (exact) mass is 372 g/mol. The summed E-state index contributed by atoms with van der Waals surface area (Å²) in [6, 6.07) is 12.9. The highest BCUT2D eigenvalue weighted by molar-refractivity contribution is 7.13. The first-order chi connectivity index (χ1) is 12.5. The van der Waals surface area contributed by atoms with Gasteiger partial charge in [0.1, 0.15) is 4.88 Å². The molecule has 0 aliphatic carbocycles. The van der Waals surface area contributed by atoms with E-state index in [9.17, 15) is 14.4 Å². The minimum absolute atomic E-state index is 0.0224. The second-order valence-electron chi connectivity index (χ2n) is 6.32. The highest BCUT2D eigenvalue weighted by Crippen LogP contribution is 2.28. The smallest absolute Gasteiger partial charge is 0.345 e. The molecule has 2 aromatic rings. The van der Waals surface area contributed by atoms with Gasteiger partial charge >= 0.3 is 5.97 Å². The number of carboxylic acids is 1. The number of carboxylic acid groups (broad SMARTS) is 1. The summed E-state index contributed by atoms with van der Waals surface area (Å²) in [7, 11) is 0. The van der Waals surface area contributed by atoms with Crippen LogP contribution in [0.3, 0.4) is 0 Å². The molecule has 1 aliphatic heterocycles. The molecule has 0 spiro atoms. The zero-order valence-corrected chi connectivity index (χ0v) is 15.2.